The van der Waals surface area contributed by atoms with Gasteiger partial charge in [-0.2, -0.15) is 0 Å². The summed E-state index contributed by atoms with van der Waals surface area (Å²) >= 11 is 0. The minimum absolute atomic E-state index is 0. The third kappa shape index (κ3) is 4.71. The van der Waals surface area contributed by atoms with Crippen molar-refractivity contribution in [3.8, 4) is 0 Å². The first-order valence-electron chi connectivity index (χ1n) is 7.23. The molecule has 0 radical (unpaired) electrons. The number of benzene rings is 1. The lowest BCUT2D eigenvalue weighted by Gasteiger charge is -2.34. The third-order valence-corrected chi connectivity index (χ3v) is 3.61. The van der Waals surface area contributed by atoms with E-state index in [1.807, 2.05) is 13.1 Å². The van der Waals surface area contributed by atoms with Crippen LogP contribution in [0.5, 0.6) is 0 Å². The number of ether oxygens (including phenoxy) is 2. The van der Waals surface area contributed by atoms with Crippen molar-refractivity contribution in [3.63, 3.8) is 0 Å². The van der Waals surface area contributed by atoms with Crippen molar-refractivity contribution in [2.24, 2.45) is 5.92 Å². The first-order chi connectivity index (χ1) is 10.1. The number of likely N-dealkylation sites (tertiary alicyclic amines) is 1. The summed E-state index contributed by atoms with van der Waals surface area (Å²) in [6.07, 6.45) is 0.214. The van der Waals surface area contributed by atoms with Crippen molar-refractivity contribution in [1.82, 2.24) is 4.90 Å². The largest absolute Gasteiger partial charge is 0.466 e. The molecular formula is C16H22ClNO4. The molecule has 1 aromatic carbocycles. The molecule has 22 heavy (non-hydrogen) atoms. The van der Waals surface area contributed by atoms with Gasteiger partial charge in [-0.1, -0.05) is 18.2 Å². The maximum atomic E-state index is 12.1. The van der Waals surface area contributed by atoms with Gasteiger partial charge in [0.15, 0.2) is 0 Å². The summed E-state index contributed by atoms with van der Waals surface area (Å²) in [5.41, 5.74) is 0.499. The monoisotopic (exact) mass is 327 g/mol. The van der Waals surface area contributed by atoms with Gasteiger partial charge in [0.05, 0.1) is 12.2 Å². The van der Waals surface area contributed by atoms with Crippen LogP contribution < -0.4 is 0 Å². The molecule has 2 rings (SSSR count). The second kappa shape index (κ2) is 8.76. The second-order valence-electron chi connectivity index (χ2n) is 5.22. The summed E-state index contributed by atoms with van der Waals surface area (Å²) in [6.45, 7) is 3.45. The highest BCUT2D eigenvalue weighted by Gasteiger charge is 2.37. The van der Waals surface area contributed by atoms with E-state index in [0.29, 0.717) is 25.1 Å². The van der Waals surface area contributed by atoms with Crippen LogP contribution in [0.3, 0.4) is 0 Å². The number of halogens is 1. The van der Waals surface area contributed by atoms with Gasteiger partial charge in [0.1, 0.15) is 12.0 Å². The van der Waals surface area contributed by atoms with Crippen LogP contribution >= 0.6 is 12.4 Å². The van der Waals surface area contributed by atoms with Gasteiger partial charge < -0.3 is 14.4 Å². The van der Waals surface area contributed by atoms with Crippen molar-refractivity contribution in [1.29, 1.82) is 0 Å². The van der Waals surface area contributed by atoms with Gasteiger partial charge in [-0.25, -0.2) is 4.79 Å². The molecule has 1 fully saturated rings. The zero-order chi connectivity index (χ0) is 15.2. The van der Waals surface area contributed by atoms with E-state index in [-0.39, 0.29) is 24.3 Å². The summed E-state index contributed by atoms with van der Waals surface area (Å²) in [7, 11) is 1.95. The van der Waals surface area contributed by atoms with Crippen LogP contribution in [-0.4, -0.2) is 49.7 Å². The Balaban J connectivity index is 0.00000242. The first kappa shape index (κ1) is 18.5. The van der Waals surface area contributed by atoms with Crippen molar-refractivity contribution in [2.75, 3.05) is 26.7 Å². The fourth-order valence-corrected chi connectivity index (χ4v) is 2.49. The Kier molecular flexibility index (Phi) is 7.35. The predicted molar refractivity (Wildman–Crippen MR) is 85.1 cm³/mol. The van der Waals surface area contributed by atoms with Gasteiger partial charge in [-0.3, -0.25) is 4.79 Å². The van der Waals surface area contributed by atoms with Crippen LogP contribution in [-0.2, 0) is 14.3 Å². The maximum absolute atomic E-state index is 12.1. The first-order valence-corrected chi connectivity index (χ1v) is 7.23. The number of nitrogens with zero attached hydrogens (tertiary/aromatic N) is 1. The highest BCUT2D eigenvalue weighted by Crippen LogP contribution is 2.22. The molecule has 0 aliphatic carbocycles. The standard InChI is InChI=1S/C16H21NO4.ClH/c1-3-20-16(19)13-11-17(2)10-9-14(13)21-15(18)12-7-5-4-6-8-12;/h4-8,13-14H,3,9-11H2,1-2H3;1H. The average Bonchev–Trinajstić information content (AvgIpc) is 2.50. The summed E-state index contributed by atoms with van der Waals surface area (Å²) in [5, 5.41) is 0. The molecule has 0 bridgehead atoms. The van der Waals surface area contributed by atoms with E-state index in [1.54, 1.807) is 31.2 Å². The van der Waals surface area contributed by atoms with Crippen LogP contribution in [0.4, 0.5) is 0 Å². The summed E-state index contributed by atoms with van der Waals surface area (Å²) in [4.78, 5) is 26.2. The van der Waals surface area contributed by atoms with E-state index in [1.165, 1.54) is 0 Å². The Morgan fingerprint density at radius 2 is 1.95 bits per heavy atom. The molecule has 0 spiro atoms. The Hall–Kier alpha value is -1.59. The minimum Gasteiger partial charge on any atom is -0.466 e. The van der Waals surface area contributed by atoms with Crippen molar-refractivity contribution in [3.05, 3.63) is 35.9 Å². The number of hydrogen-bond donors (Lipinski definition) is 0. The second-order valence-corrected chi connectivity index (χ2v) is 5.22. The van der Waals surface area contributed by atoms with E-state index >= 15 is 0 Å². The Morgan fingerprint density at radius 1 is 1.27 bits per heavy atom. The third-order valence-electron chi connectivity index (χ3n) is 3.61. The Labute approximate surface area is 137 Å². The lowest BCUT2D eigenvalue weighted by Crippen LogP contribution is -2.47. The molecule has 0 aromatic heterocycles. The van der Waals surface area contributed by atoms with Gasteiger partial charge in [0.25, 0.3) is 0 Å². The van der Waals surface area contributed by atoms with E-state index < -0.39 is 12.0 Å². The van der Waals surface area contributed by atoms with Crippen LogP contribution in [0.25, 0.3) is 0 Å². The fraction of sp³-hybridized carbons (Fsp3) is 0.500. The van der Waals surface area contributed by atoms with Crippen molar-refractivity contribution < 1.29 is 19.1 Å². The molecule has 1 aromatic rings. The van der Waals surface area contributed by atoms with Gasteiger partial charge in [-0.05, 0) is 32.5 Å². The molecule has 1 aliphatic heterocycles. The number of rotatable bonds is 4. The number of esters is 2. The number of hydrogen-bond acceptors (Lipinski definition) is 5. The molecule has 1 heterocycles. The topological polar surface area (TPSA) is 55.8 Å². The van der Waals surface area contributed by atoms with Crippen LogP contribution in [0.2, 0.25) is 0 Å². The lowest BCUT2D eigenvalue weighted by molar-refractivity contribution is -0.155. The molecule has 2 unspecified atom stereocenters. The van der Waals surface area contributed by atoms with Gasteiger partial charge >= 0.3 is 11.9 Å². The molecule has 6 heteroatoms. The zero-order valence-electron chi connectivity index (χ0n) is 12.9. The normalized spacial score (nSPS) is 21.5. The zero-order valence-corrected chi connectivity index (χ0v) is 13.7. The summed E-state index contributed by atoms with van der Waals surface area (Å²) in [5.74, 6) is -1.11. The van der Waals surface area contributed by atoms with E-state index in [2.05, 4.69) is 4.90 Å². The van der Waals surface area contributed by atoms with Crippen LogP contribution in [0.15, 0.2) is 30.3 Å². The highest BCUT2D eigenvalue weighted by atomic mass is 35.5. The highest BCUT2D eigenvalue weighted by molar-refractivity contribution is 5.89. The quantitative estimate of drug-likeness (QED) is 0.793. The lowest BCUT2D eigenvalue weighted by atomic mass is 9.95. The number of carbonyl (C=O) groups excluding carboxylic acids is 2. The summed E-state index contributed by atoms with van der Waals surface area (Å²) < 4.78 is 10.6. The molecule has 0 N–H and O–H groups in total. The Bertz CT molecular complexity index is 494. The molecule has 5 nitrogen and oxygen atoms in total. The number of carbonyl (C=O) groups is 2. The smallest absolute Gasteiger partial charge is 0.338 e. The maximum Gasteiger partial charge on any atom is 0.338 e. The molecule has 1 saturated heterocycles. The van der Waals surface area contributed by atoms with E-state index in [9.17, 15) is 9.59 Å². The van der Waals surface area contributed by atoms with Crippen LogP contribution in [0.1, 0.15) is 23.7 Å². The van der Waals surface area contributed by atoms with E-state index in [0.717, 1.165) is 6.54 Å². The molecule has 1 aliphatic rings. The van der Waals surface area contributed by atoms with Gasteiger partial charge in [-0.15, -0.1) is 12.4 Å². The average molecular weight is 328 g/mol. The predicted octanol–water partition coefficient (Wildman–Crippen LogP) is 2.15. The Morgan fingerprint density at radius 3 is 2.59 bits per heavy atom. The molecular weight excluding hydrogens is 306 g/mol. The SMILES string of the molecule is CCOC(=O)C1CN(C)CCC1OC(=O)c1ccccc1.Cl. The molecule has 2 atom stereocenters. The molecule has 0 saturated carbocycles. The minimum atomic E-state index is -0.423. The van der Waals surface area contributed by atoms with Crippen molar-refractivity contribution >= 4 is 24.3 Å². The number of piperidine rings is 1. The van der Waals surface area contributed by atoms with Gasteiger partial charge in [0, 0.05) is 13.1 Å². The molecule has 122 valence electrons. The van der Waals surface area contributed by atoms with Gasteiger partial charge in [0.2, 0.25) is 0 Å². The fourth-order valence-electron chi connectivity index (χ4n) is 2.49. The summed E-state index contributed by atoms with van der Waals surface area (Å²) in [6, 6.07) is 8.82. The van der Waals surface area contributed by atoms with Crippen LogP contribution in [0, 0.1) is 5.92 Å². The van der Waals surface area contributed by atoms with E-state index in [4.69, 9.17) is 9.47 Å². The van der Waals surface area contributed by atoms with Crippen molar-refractivity contribution in [2.45, 2.75) is 19.4 Å². The molecule has 0 amide bonds.